The Morgan fingerprint density at radius 2 is 1.75 bits per heavy atom. The molecule has 0 saturated carbocycles. The third-order valence-corrected chi connectivity index (χ3v) is 3.50. The second-order valence-electron chi connectivity index (χ2n) is 5.45. The van der Waals surface area contributed by atoms with Crippen molar-refractivity contribution >= 4 is 0 Å². The van der Waals surface area contributed by atoms with Gasteiger partial charge in [0.05, 0.1) is 6.10 Å². The van der Waals surface area contributed by atoms with E-state index in [1.165, 1.54) is 12.1 Å². The monoisotopic (exact) mass is 282 g/mol. The zero-order valence-corrected chi connectivity index (χ0v) is 12.8. The normalized spacial score (nSPS) is 13.2. The molecule has 1 unspecified atom stereocenters. The van der Waals surface area contributed by atoms with E-state index < -0.39 is 6.10 Å². The largest absolute Gasteiger partial charge is 0.388 e. The van der Waals surface area contributed by atoms with Gasteiger partial charge in [0.2, 0.25) is 0 Å². The molecule has 0 spiro atoms. The van der Waals surface area contributed by atoms with Crippen molar-refractivity contribution in [3.05, 3.63) is 35.6 Å². The summed E-state index contributed by atoms with van der Waals surface area (Å²) in [7, 11) is 4.16. The molecule has 0 amide bonds. The lowest BCUT2D eigenvalue weighted by Crippen LogP contribution is -2.29. The first kappa shape index (κ1) is 17.1. The van der Waals surface area contributed by atoms with Gasteiger partial charge < -0.3 is 14.9 Å². The van der Waals surface area contributed by atoms with Gasteiger partial charge in [0, 0.05) is 6.54 Å². The van der Waals surface area contributed by atoms with E-state index in [1.54, 1.807) is 12.1 Å². The van der Waals surface area contributed by atoms with Crippen molar-refractivity contribution in [1.82, 2.24) is 9.80 Å². The van der Waals surface area contributed by atoms with Crippen LogP contribution in [0.5, 0.6) is 0 Å². The minimum absolute atomic E-state index is 0.264. The second kappa shape index (κ2) is 9.06. The Kier molecular flexibility index (Phi) is 7.73. The molecular formula is C16H27FN2O. The summed E-state index contributed by atoms with van der Waals surface area (Å²) in [6.45, 7) is 6.12. The average Bonchev–Trinajstić information content (AvgIpc) is 2.42. The highest BCUT2D eigenvalue weighted by Gasteiger charge is 2.10. The van der Waals surface area contributed by atoms with E-state index in [-0.39, 0.29) is 5.82 Å². The van der Waals surface area contributed by atoms with Crippen LogP contribution < -0.4 is 0 Å². The van der Waals surface area contributed by atoms with Gasteiger partial charge in [-0.1, -0.05) is 19.1 Å². The third kappa shape index (κ3) is 6.46. The van der Waals surface area contributed by atoms with Gasteiger partial charge in [0.15, 0.2) is 0 Å². The molecule has 1 aromatic carbocycles. The van der Waals surface area contributed by atoms with Gasteiger partial charge in [-0.25, -0.2) is 4.39 Å². The van der Waals surface area contributed by atoms with Crippen molar-refractivity contribution in [3.8, 4) is 0 Å². The zero-order chi connectivity index (χ0) is 15.0. The minimum atomic E-state index is -0.515. The SMILES string of the molecule is CCN(CCCN(C)C)CCC(O)c1ccc(F)cc1. The van der Waals surface area contributed by atoms with Gasteiger partial charge in [-0.05, 0) is 64.3 Å². The molecule has 1 atom stereocenters. The first-order valence-electron chi connectivity index (χ1n) is 7.33. The van der Waals surface area contributed by atoms with Gasteiger partial charge in [-0.2, -0.15) is 0 Å². The summed E-state index contributed by atoms with van der Waals surface area (Å²) in [6.07, 6.45) is 1.30. The summed E-state index contributed by atoms with van der Waals surface area (Å²) in [5.74, 6) is -0.264. The molecule has 0 radical (unpaired) electrons. The minimum Gasteiger partial charge on any atom is -0.388 e. The van der Waals surface area contributed by atoms with Crippen LogP contribution in [0.25, 0.3) is 0 Å². The summed E-state index contributed by atoms with van der Waals surface area (Å²) in [5.41, 5.74) is 0.788. The number of aliphatic hydroxyl groups excluding tert-OH is 1. The highest BCUT2D eigenvalue weighted by Crippen LogP contribution is 2.17. The first-order chi connectivity index (χ1) is 9.52. The van der Waals surface area contributed by atoms with Crippen molar-refractivity contribution in [3.63, 3.8) is 0 Å². The van der Waals surface area contributed by atoms with E-state index in [4.69, 9.17) is 0 Å². The molecule has 1 aromatic rings. The van der Waals surface area contributed by atoms with Gasteiger partial charge >= 0.3 is 0 Å². The Labute approximate surface area is 122 Å². The molecule has 3 nitrogen and oxygen atoms in total. The van der Waals surface area contributed by atoms with Gasteiger partial charge in [-0.15, -0.1) is 0 Å². The van der Waals surface area contributed by atoms with Crippen LogP contribution in [0.2, 0.25) is 0 Å². The number of aliphatic hydroxyl groups is 1. The van der Waals surface area contributed by atoms with Crippen molar-refractivity contribution in [2.45, 2.75) is 25.9 Å². The highest BCUT2D eigenvalue weighted by atomic mass is 19.1. The fourth-order valence-corrected chi connectivity index (χ4v) is 2.20. The number of rotatable bonds is 9. The van der Waals surface area contributed by atoms with Crippen molar-refractivity contribution in [1.29, 1.82) is 0 Å². The number of nitrogens with zero attached hydrogens (tertiary/aromatic N) is 2. The molecule has 1 rings (SSSR count). The molecule has 114 valence electrons. The highest BCUT2D eigenvalue weighted by molar-refractivity contribution is 5.18. The van der Waals surface area contributed by atoms with E-state index in [9.17, 15) is 9.50 Å². The predicted molar refractivity (Wildman–Crippen MR) is 81.3 cm³/mol. The molecule has 4 heteroatoms. The number of halogens is 1. The van der Waals surface area contributed by atoms with Gasteiger partial charge in [0.25, 0.3) is 0 Å². The van der Waals surface area contributed by atoms with Crippen LogP contribution in [0.3, 0.4) is 0 Å². The molecule has 0 aliphatic heterocycles. The van der Waals surface area contributed by atoms with Crippen LogP contribution in [-0.4, -0.2) is 55.2 Å². The van der Waals surface area contributed by atoms with E-state index >= 15 is 0 Å². The van der Waals surface area contributed by atoms with E-state index in [1.807, 2.05) is 0 Å². The maximum Gasteiger partial charge on any atom is 0.123 e. The average molecular weight is 282 g/mol. The maximum absolute atomic E-state index is 12.8. The summed E-state index contributed by atoms with van der Waals surface area (Å²) >= 11 is 0. The van der Waals surface area contributed by atoms with E-state index in [2.05, 4.69) is 30.8 Å². The molecule has 0 aliphatic rings. The topological polar surface area (TPSA) is 26.7 Å². The Bertz CT molecular complexity index is 367. The van der Waals surface area contributed by atoms with Crippen LogP contribution >= 0.6 is 0 Å². The second-order valence-corrected chi connectivity index (χ2v) is 5.45. The molecule has 0 fully saturated rings. The smallest absolute Gasteiger partial charge is 0.123 e. The van der Waals surface area contributed by atoms with Crippen molar-refractivity contribution in [2.24, 2.45) is 0 Å². The predicted octanol–water partition coefficient (Wildman–Crippen LogP) is 2.52. The molecule has 20 heavy (non-hydrogen) atoms. The van der Waals surface area contributed by atoms with Crippen LogP contribution in [0, 0.1) is 5.82 Å². The number of hydrogen-bond donors (Lipinski definition) is 1. The Morgan fingerprint density at radius 3 is 2.30 bits per heavy atom. The zero-order valence-electron chi connectivity index (χ0n) is 12.8. The van der Waals surface area contributed by atoms with Gasteiger partial charge in [0.1, 0.15) is 5.82 Å². The summed E-state index contributed by atoms with van der Waals surface area (Å²) in [4.78, 5) is 4.53. The van der Waals surface area contributed by atoms with Crippen LogP contribution in [0.15, 0.2) is 24.3 Å². The number of hydrogen-bond acceptors (Lipinski definition) is 3. The van der Waals surface area contributed by atoms with E-state index in [0.717, 1.165) is 38.2 Å². The maximum atomic E-state index is 12.8. The molecule has 0 saturated heterocycles. The lowest BCUT2D eigenvalue weighted by molar-refractivity contribution is 0.142. The molecular weight excluding hydrogens is 255 g/mol. The fraction of sp³-hybridized carbons (Fsp3) is 0.625. The van der Waals surface area contributed by atoms with Gasteiger partial charge in [-0.3, -0.25) is 0 Å². The molecule has 0 aromatic heterocycles. The fourth-order valence-electron chi connectivity index (χ4n) is 2.20. The molecule has 1 N–H and O–H groups in total. The summed E-state index contributed by atoms with van der Waals surface area (Å²) < 4.78 is 12.8. The number of benzene rings is 1. The third-order valence-electron chi connectivity index (χ3n) is 3.50. The Morgan fingerprint density at radius 1 is 1.10 bits per heavy atom. The van der Waals surface area contributed by atoms with Crippen LogP contribution in [-0.2, 0) is 0 Å². The van der Waals surface area contributed by atoms with Crippen LogP contribution in [0.1, 0.15) is 31.4 Å². The lowest BCUT2D eigenvalue weighted by Gasteiger charge is -2.23. The van der Waals surface area contributed by atoms with Crippen molar-refractivity contribution in [2.75, 3.05) is 40.3 Å². The quantitative estimate of drug-likeness (QED) is 0.754. The molecule has 0 aliphatic carbocycles. The lowest BCUT2D eigenvalue weighted by atomic mass is 10.1. The molecule has 0 heterocycles. The summed E-state index contributed by atoms with van der Waals surface area (Å²) in [5, 5.41) is 10.1. The molecule has 0 bridgehead atoms. The Balaban J connectivity index is 2.33. The Hall–Kier alpha value is -0.970. The summed E-state index contributed by atoms with van der Waals surface area (Å²) in [6, 6.07) is 6.10. The van der Waals surface area contributed by atoms with E-state index in [0.29, 0.717) is 6.42 Å². The van der Waals surface area contributed by atoms with Crippen LogP contribution in [0.4, 0.5) is 4.39 Å². The first-order valence-corrected chi connectivity index (χ1v) is 7.33. The standard InChI is InChI=1S/C16H27FN2O/c1-4-19(12-5-11-18(2)3)13-10-16(20)14-6-8-15(17)9-7-14/h6-9,16,20H,4-5,10-13H2,1-3H3. The van der Waals surface area contributed by atoms with Crippen molar-refractivity contribution < 1.29 is 9.50 Å².